The van der Waals surface area contributed by atoms with Crippen LogP contribution in [0.4, 0.5) is 4.39 Å². The summed E-state index contributed by atoms with van der Waals surface area (Å²) in [6.07, 6.45) is 3.87. The first-order valence-electron chi connectivity index (χ1n) is 15.1. The SMILES string of the molecule is C[Si](C)(C)c1ccc(-c2[c-]cccc2)nc1.Cc1cc(C)c(-c2ccnc(-c3[c-]ccc4c3sc3c(F)cccc34)c2)c(C)c1.[Ir]. The molecule has 0 atom stereocenters. The maximum Gasteiger partial charge on any atom is 0.140 e. The molecule has 2 nitrogen and oxygen atoms in total. The van der Waals surface area contributed by atoms with E-state index in [1.165, 1.54) is 44.8 Å². The Kier molecular flexibility index (Phi) is 10.1. The maximum absolute atomic E-state index is 14.4. The molecule has 3 aromatic heterocycles. The standard InChI is InChI=1S/C26H19FNS.C14H16NSi.Ir/c1-15-12-16(2)24(17(3)13-15)18-10-11-28-23(14-18)21-8-4-6-19-20-7-5-9-22(27)26(20)29-25(19)21;1-16(2,3)13-9-10-14(15-11-13)12-7-5-4-6-8-12;/h4-7,9-14H,1-3H3;4-7,9-11H,1-3H3;/q2*-1;. The predicted molar refractivity (Wildman–Crippen MR) is 192 cm³/mol. The van der Waals surface area contributed by atoms with E-state index in [4.69, 9.17) is 0 Å². The van der Waals surface area contributed by atoms with E-state index in [9.17, 15) is 4.39 Å². The molecule has 0 aliphatic carbocycles. The molecule has 233 valence electrons. The van der Waals surface area contributed by atoms with E-state index in [0.717, 1.165) is 43.6 Å². The van der Waals surface area contributed by atoms with Crippen molar-refractivity contribution in [1.82, 2.24) is 9.97 Å². The van der Waals surface area contributed by atoms with Crippen molar-refractivity contribution in [2.45, 2.75) is 40.4 Å². The molecule has 3 heterocycles. The zero-order chi connectivity index (χ0) is 31.7. The van der Waals surface area contributed by atoms with Gasteiger partial charge in [-0.15, -0.1) is 59.7 Å². The predicted octanol–water partition coefficient (Wildman–Crippen LogP) is 10.7. The van der Waals surface area contributed by atoms with Crippen LogP contribution in [0, 0.1) is 38.7 Å². The summed E-state index contributed by atoms with van der Waals surface area (Å²) < 4.78 is 16.1. The minimum atomic E-state index is -1.23. The van der Waals surface area contributed by atoms with Crippen LogP contribution >= 0.6 is 11.3 Å². The number of thiophene rings is 1. The fourth-order valence-electron chi connectivity index (χ4n) is 5.83. The molecule has 0 saturated carbocycles. The molecule has 0 aliphatic rings. The number of rotatable bonds is 4. The summed E-state index contributed by atoms with van der Waals surface area (Å²) in [5, 5.41) is 3.39. The number of hydrogen-bond donors (Lipinski definition) is 0. The number of aromatic nitrogens is 2. The van der Waals surface area contributed by atoms with Crippen molar-refractivity contribution in [1.29, 1.82) is 0 Å². The first-order chi connectivity index (χ1) is 21.6. The average Bonchev–Trinajstić information content (AvgIpc) is 3.42. The Bertz CT molecular complexity index is 2110. The number of fused-ring (bicyclic) bond motifs is 3. The van der Waals surface area contributed by atoms with Gasteiger partial charge in [0.1, 0.15) is 5.82 Å². The monoisotopic (exact) mass is 815 g/mol. The zero-order valence-electron chi connectivity index (χ0n) is 26.8. The van der Waals surface area contributed by atoms with Gasteiger partial charge < -0.3 is 9.97 Å². The largest absolute Gasteiger partial charge is 0.305 e. The van der Waals surface area contributed by atoms with Gasteiger partial charge in [0.2, 0.25) is 0 Å². The van der Waals surface area contributed by atoms with E-state index in [0.29, 0.717) is 4.70 Å². The molecule has 0 amide bonds. The van der Waals surface area contributed by atoms with Crippen molar-refractivity contribution in [2.75, 3.05) is 0 Å². The third-order valence-corrected chi connectivity index (χ3v) is 11.3. The van der Waals surface area contributed by atoms with Crippen molar-refractivity contribution in [2.24, 2.45) is 0 Å². The first-order valence-corrected chi connectivity index (χ1v) is 19.4. The molecule has 1 radical (unpaired) electrons. The smallest absolute Gasteiger partial charge is 0.140 e. The van der Waals surface area contributed by atoms with E-state index in [1.54, 1.807) is 6.07 Å². The van der Waals surface area contributed by atoms with Crippen molar-refractivity contribution in [3.8, 4) is 33.6 Å². The van der Waals surface area contributed by atoms with Crippen molar-refractivity contribution >= 4 is 44.8 Å². The molecule has 0 unspecified atom stereocenters. The van der Waals surface area contributed by atoms with E-state index >= 15 is 0 Å². The number of aryl methyl sites for hydroxylation is 3. The summed E-state index contributed by atoms with van der Waals surface area (Å²) in [5.74, 6) is -0.178. The van der Waals surface area contributed by atoms with E-state index in [-0.39, 0.29) is 25.9 Å². The number of halogens is 1. The van der Waals surface area contributed by atoms with Gasteiger partial charge in [0, 0.05) is 32.5 Å². The van der Waals surface area contributed by atoms with Gasteiger partial charge in [-0.25, -0.2) is 4.39 Å². The zero-order valence-corrected chi connectivity index (χ0v) is 31.0. The number of hydrogen-bond acceptors (Lipinski definition) is 3. The molecule has 0 saturated heterocycles. The Hall–Kier alpha value is -3.80. The summed E-state index contributed by atoms with van der Waals surface area (Å²) in [6, 6.07) is 36.6. The van der Waals surface area contributed by atoms with Gasteiger partial charge in [0.05, 0.1) is 12.8 Å². The molecule has 4 aromatic carbocycles. The number of benzene rings is 4. The Morgan fingerprint density at radius 1 is 0.717 bits per heavy atom. The molecule has 46 heavy (non-hydrogen) atoms. The van der Waals surface area contributed by atoms with Crippen LogP contribution in [-0.4, -0.2) is 18.0 Å². The van der Waals surface area contributed by atoms with Crippen LogP contribution < -0.4 is 5.19 Å². The van der Waals surface area contributed by atoms with E-state index in [1.807, 2.05) is 54.9 Å². The van der Waals surface area contributed by atoms with Gasteiger partial charge in [-0.1, -0.05) is 73.1 Å². The van der Waals surface area contributed by atoms with Crippen molar-refractivity contribution in [3.05, 3.63) is 138 Å². The van der Waals surface area contributed by atoms with Crippen molar-refractivity contribution < 1.29 is 24.5 Å². The summed E-state index contributed by atoms with van der Waals surface area (Å²) in [7, 11) is -1.23. The minimum absolute atomic E-state index is 0. The van der Waals surface area contributed by atoms with Crippen LogP contribution in [0.5, 0.6) is 0 Å². The summed E-state index contributed by atoms with van der Waals surface area (Å²) in [4.78, 5) is 9.16. The van der Waals surface area contributed by atoms with Gasteiger partial charge >= 0.3 is 0 Å². The molecule has 0 bridgehead atoms. The van der Waals surface area contributed by atoms with Gasteiger partial charge in [0.15, 0.2) is 0 Å². The summed E-state index contributed by atoms with van der Waals surface area (Å²) >= 11 is 1.47. The van der Waals surface area contributed by atoms with Crippen LogP contribution in [0.1, 0.15) is 16.7 Å². The second kappa shape index (κ2) is 13.9. The van der Waals surface area contributed by atoms with Crippen LogP contribution in [-0.2, 0) is 20.1 Å². The third-order valence-electron chi connectivity index (χ3n) is 8.01. The molecule has 0 spiro atoms. The maximum atomic E-state index is 14.4. The molecule has 7 aromatic rings. The van der Waals surface area contributed by atoms with Gasteiger partial charge in [0.25, 0.3) is 0 Å². The molecule has 0 aliphatic heterocycles. The second-order valence-electron chi connectivity index (χ2n) is 12.5. The minimum Gasteiger partial charge on any atom is -0.305 e. The fraction of sp³-hybridized carbons (Fsp3) is 0.150. The fourth-order valence-corrected chi connectivity index (χ4v) is 8.07. The second-order valence-corrected chi connectivity index (χ2v) is 18.6. The third kappa shape index (κ3) is 6.96. The molecule has 6 heteroatoms. The first kappa shape index (κ1) is 33.6. The van der Waals surface area contributed by atoms with E-state index < -0.39 is 8.07 Å². The average molecular weight is 815 g/mol. The number of pyridine rings is 2. The van der Waals surface area contributed by atoms with Gasteiger partial charge in [-0.05, 0) is 81.8 Å². The summed E-state index contributed by atoms with van der Waals surface area (Å²) in [5.41, 5.74) is 10.0. The Labute approximate surface area is 289 Å². The Balaban J connectivity index is 0.000000209. The van der Waals surface area contributed by atoms with Crippen molar-refractivity contribution in [3.63, 3.8) is 0 Å². The topological polar surface area (TPSA) is 25.8 Å². The Morgan fingerprint density at radius 3 is 2.15 bits per heavy atom. The van der Waals surface area contributed by atoms with Crippen LogP contribution in [0.15, 0.2) is 103 Å². The molecular weight excluding hydrogens is 780 g/mol. The van der Waals surface area contributed by atoms with Crippen LogP contribution in [0.25, 0.3) is 53.8 Å². The molecule has 7 rings (SSSR count). The van der Waals surface area contributed by atoms with Crippen LogP contribution in [0.2, 0.25) is 19.6 Å². The van der Waals surface area contributed by atoms with Crippen LogP contribution in [0.3, 0.4) is 0 Å². The Morgan fingerprint density at radius 2 is 1.48 bits per heavy atom. The molecule has 0 N–H and O–H groups in total. The van der Waals surface area contributed by atoms with E-state index in [2.05, 4.69) is 98.9 Å². The quantitative estimate of drug-likeness (QED) is 0.131. The normalized spacial score (nSPS) is 11.2. The van der Waals surface area contributed by atoms with Gasteiger partial charge in [-0.3, -0.25) is 0 Å². The molecular formula is C40H35FIrN2SSi-2. The number of nitrogens with zero attached hydrogens (tertiary/aromatic N) is 2. The van der Waals surface area contributed by atoms with Gasteiger partial charge in [-0.2, -0.15) is 11.3 Å². The molecule has 0 fully saturated rings. The summed E-state index contributed by atoms with van der Waals surface area (Å²) in [6.45, 7) is 13.4.